The second kappa shape index (κ2) is 4.35. The average molecular weight is 158 g/mol. The Balaban J connectivity index is 2.73. The van der Waals surface area contributed by atoms with Gasteiger partial charge in [-0.1, -0.05) is 30.0 Å². The zero-order chi connectivity index (χ0) is 8.81. The lowest BCUT2D eigenvalue weighted by Gasteiger charge is -1.88. The van der Waals surface area contributed by atoms with Crippen LogP contribution in [0.1, 0.15) is 12.5 Å². The molecule has 1 heteroatoms. The van der Waals surface area contributed by atoms with E-state index in [9.17, 15) is 4.79 Å². The van der Waals surface area contributed by atoms with Crippen LogP contribution in [0, 0.1) is 17.8 Å². The maximum Gasteiger partial charge on any atom is 0.134 e. The smallest absolute Gasteiger partial charge is 0.134 e. The van der Waals surface area contributed by atoms with Crippen LogP contribution in [0.4, 0.5) is 0 Å². The summed E-state index contributed by atoms with van der Waals surface area (Å²) < 4.78 is 0. The van der Waals surface area contributed by atoms with Crippen molar-refractivity contribution in [1.29, 1.82) is 0 Å². The van der Waals surface area contributed by atoms with Crippen molar-refractivity contribution in [2.24, 2.45) is 5.92 Å². The standard InChI is InChI=1S/C11H10O/c1-10(9-12)7-8-11-5-3-2-4-6-11/h2-6,9-10H,1H3. The van der Waals surface area contributed by atoms with Crippen molar-refractivity contribution in [2.75, 3.05) is 0 Å². The molecule has 1 rings (SSSR count). The Morgan fingerprint density at radius 3 is 2.58 bits per heavy atom. The van der Waals surface area contributed by atoms with Gasteiger partial charge in [-0.05, 0) is 19.1 Å². The van der Waals surface area contributed by atoms with Crippen LogP contribution in [-0.4, -0.2) is 6.29 Å². The average Bonchev–Trinajstić information content (AvgIpc) is 2.16. The van der Waals surface area contributed by atoms with E-state index in [-0.39, 0.29) is 5.92 Å². The molecule has 0 aromatic heterocycles. The van der Waals surface area contributed by atoms with E-state index in [0.717, 1.165) is 11.8 Å². The first-order chi connectivity index (χ1) is 5.83. The molecule has 1 aromatic carbocycles. The molecular weight excluding hydrogens is 148 g/mol. The van der Waals surface area contributed by atoms with E-state index >= 15 is 0 Å². The van der Waals surface area contributed by atoms with E-state index in [1.807, 2.05) is 30.3 Å². The first-order valence-electron chi connectivity index (χ1n) is 3.85. The molecule has 0 saturated heterocycles. The minimum absolute atomic E-state index is 0.176. The molecule has 0 aliphatic carbocycles. The van der Waals surface area contributed by atoms with E-state index in [4.69, 9.17) is 0 Å². The molecule has 0 aliphatic rings. The first kappa shape index (κ1) is 8.55. The Labute approximate surface area is 72.4 Å². The lowest BCUT2D eigenvalue weighted by atomic mass is 10.2. The lowest BCUT2D eigenvalue weighted by Crippen LogP contribution is -1.89. The van der Waals surface area contributed by atoms with Crippen molar-refractivity contribution in [3.8, 4) is 11.8 Å². The Bertz CT molecular complexity index is 303. The summed E-state index contributed by atoms with van der Waals surface area (Å²) in [5.41, 5.74) is 0.950. The highest BCUT2D eigenvalue weighted by Crippen LogP contribution is 1.95. The van der Waals surface area contributed by atoms with Gasteiger partial charge in [0.25, 0.3) is 0 Å². The van der Waals surface area contributed by atoms with Crippen LogP contribution in [0.25, 0.3) is 0 Å². The molecule has 1 aromatic rings. The second-order valence-electron chi connectivity index (χ2n) is 2.56. The number of carbonyl (C=O) groups is 1. The molecule has 1 atom stereocenters. The zero-order valence-electron chi connectivity index (χ0n) is 6.95. The highest BCUT2D eigenvalue weighted by Gasteiger charge is 1.89. The number of rotatable bonds is 1. The third-order valence-electron chi connectivity index (χ3n) is 1.42. The summed E-state index contributed by atoms with van der Waals surface area (Å²) in [5, 5.41) is 0. The van der Waals surface area contributed by atoms with Crippen molar-refractivity contribution < 1.29 is 4.79 Å². The van der Waals surface area contributed by atoms with Gasteiger partial charge in [0, 0.05) is 5.56 Å². The topological polar surface area (TPSA) is 17.1 Å². The summed E-state index contributed by atoms with van der Waals surface area (Å²) in [4.78, 5) is 10.2. The summed E-state index contributed by atoms with van der Waals surface area (Å²) in [6, 6.07) is 9.63. The Morgan fingerprint density at radius 1 is 1.33 bits per heavy atom. The fourth-order valence-electron chi connectivity index (χ4n) is 0.753. The van der Waals surface area contributed by atoms with E-state index in [2.05, 4.69) is 11.8 Å². The van der Waals surface area contributed by atoms with Gasteiger partial charge in [0.15, 0.2) is 0 Å². The third-order valence-corrected chi connectivity index (χ3v) is 1.42. The van der Waals surface area contributed by atoms with Gasteiger partial charge in [0.05, 0.1) is 5.92 Å². The monoisotopic (exact) mass is 158 g/mol. The number of hydrogen-bond acceptors (Lipinski definition) is 1. The maximum absolute atomic E-state index is 10.2. The molecule has 0 amide bonds. The SMILES string of the molecule is CC(C#Cc1ccccc1)C=O. The molecule has 0 N–H and O–H groups in total. The number of carbonyl (C=O) groups excluding carboxylic acids is 1. The molecule has 12 heavy (non-hydrogen) atoms. The Hall–Kier alpha value is -1.55. The highest BCUT2D eigenvalue weighted by atomic mass is 16.1. The van der Waals surface area contributed by atoms with Crippen molar-refractivity contribution >= 4 is 6.29 Å². The maximum atomic E-state index is 10.2. The normalized spacial score (nSPS) is 11.1. The zero-order valence-corrected chi connectivity index (χ0v) is 6.95. The number of hydrogen-bond donors (Lipinski definition) is 0. The lowest BCUT2D eigenvalue weighted by molar-refractivity contribution is -0.109. The minimum Gasteiger partial charge on any atom is -0.302 e. The van der Waals surface area contributed by atoms with Gasteiger partial charge in [0.1, 0.15) is 6.29 Å². The van der Waals surface area contributed by atoms with E-state index in [0.29, 0.717) is 0 Å². The Kier molecular flexibility index (Phi) is 3.10. The molecule has 60 valence electrons. The fraction of sp³-hybridized carbons (Fsp3) is 0.182. The van der Waals surface area contributed by atoms with Crippen LogP contribution in [-0.2, 0) is 4.79 Å². The molecule has 0 bridgehead atoms. The van der Waals surface area contributed by atoms with Gasteiger partial charge in [-0.25, -0.2) is 0 Å². The molecule has 0 saturated carbocycles. The van der Waals surface area contributed by atoms with Crippen LogP contribution >= 0.6 is 0 Å². The van der Waals surface area contributed by atoms with Crippen LogP contribution in [0.15, 0.2) is 30.3 Å². The third kappa shape index (κ3) is 2.59. The van der Waals surface area contributed by atoms with Crippen molar-refractivity contribution in [3.63, 3.8) is 0 Å². The second-order valence-corrected chi connectivity index (χ2v) is 2.56. The Morgan fingerprint density at radius 2 is 2.00 bits per heavy atom. The number of benzene rings is 1. The molecule has 0 spiro atoms. The highest BCUT2D eigenvalue weighted by molar-refractivity contribution is 5.58. The summed E-state index contributed by atoms with van der Waals surface area (Å²) >= 11 is 0. The predicted octanol–water partition coefficient (Wildman–Crippen LogP) is 1.87. The minimum atomic E-state index is -0.176. The van der Waals surface area contributed by atoms with E-state index in [1.165, 1.54) is 0 Å². The predicted molar refractivity (Wildman–Crippen MR) is 48.5 cm³/mol. The summed E-state index contributed by atoms with van der Waals surface area (Å²) in [6.07, 6.45) is 0.843. The van der Waals surface area contributed by atoms with Gasteiger partial charge >= 0.3 is 0 Å². The van der Waals surface area contributed by atoms with Gasteiger partial charge in [-0.3, -0.25) is 0 Å². The van der Waals surface area contributed by atoms with Crippen molar-refractivity contribution in [2.45, 2.75) is 6.92 Å². The first-order valence-corrected chi connectivity index (χ1v) is 3.85. The van der Waals surface area contributed by atoms with Crippen LogP contribution < -0.4 is 0 Å². The largest absolute Gasteiger partial charge is 0.302 e. The molecule has 0 heterocycles. The molecule has 1 unspecified atom stereocenters. The van der Waals surface area contributed by atoms with Crippen LogP contribution in [0.5, 0.6) is 0 Å². The molecule has 0 fully saturated rings. The summed E-state index contributed by atoms with van der Waals surface area (Å²) in [5.74, 6) is 5.57. The van der Waals surface area contributed by atoms with Gasteiger partial charge < -0.3 is 4.79 Å². The van der Waals surface area contributed by atoms with Gasteiger partial charge in [0.2, 0.25) is 0 Å². The van der Waals surface area contributed by atoms with Gasteiger partial charge in [-0.15, -0.1) is 0 Å². The quantitative estimate of drug-likeness (QED) is 0.450. The van der Waals surface area contributed by atoms with E-state index in [1.54, 1.807) is 6.92 Å². The van der Waals surface area contributed by atoms with Crippen molar-refractivity contribution in [1.82, 2.24) is 0 Å². The molecule has 1 nitrogen and oxygen atoms in total. The number of aldehydes is 1. The van der Waals surface area contributed by atoms with Crippen LogP contribution in [0.3, 0.4) is 0 Å². The van der Waals surface area contributed by atoms with Crippen molar-refractivity contribution in [3.05, 3.63) is 35.9 Å². The van der Waals surface area contributed by atoms with Crippen LogP contribution in [0.2, 0.25) is 0 Å². The molecule has 0 radical (unpaired) electrons. The fourth-order valence-corrected chi connectivity index (χ4v) is 0.753. The molecular formula is C11H10O. The summed E-state index contributed by atoms with van der Waals surface area (Å²) in [7, 11) is 0. The molecule has 0 aliphatic heterocycles. The van der Waals surface area contributed by atoms with Gasteiger partial charge in [-0.2, -0.15) is 0 Å². The van der Waals surface area contributed by atoms with E-state index < -0.39 is 0 Å². The summed E-state index contributed by atoms with van der Waals surface area (Å²) in [6.45, 7) is 1.78.